The molecule has 0 radical (unpaired) electrons. The summed E-state index contributed by atoms with van der Waals surface area (Å²) in [4.78, 5) is 4.56. The van der Waals surface area contributed by atoms with Crippen LogP contribution in [-0.2, 0) is 0 Å². The van der Waals surface area contributed by atoms with Crippen LogP contribution < -0.4 is 0 Å². The van der Waals surface area contributed by atoms with E-state index in [1.54, 1.807) is 6.07 Å². The summed E-state index contributed by atoms with van der Waals surface area (Å²) in [7, 11) is 0. The first-order valence-electron chi connectivity index (χ1n) is 6.24. The molecule has 0 bridgehead atoms. The van der Waals surface area contributed by atoms with Gasteiger partial charge in [-0.25, -0.2) is 9.37 Å². The van der Waals surface area contributed by atoms with Crippen LogP contribution in [0.4, 0.5) is 4.39 Å². The third-order valence-corrected chi connectivity index (χ3v) is 4.32. The lowest BCUT2D eigenvalue weighted by molar-refractivity contribution is 0.544. The topological polar surface area (TPSA) is 25.8 Å². The van der Waals surface area contributed by atoms with Gasteiger partial charge in [-0.2, -0.15) is 4.37 Å². The molecule has 1 aromatic heterocycles. The van der Waals surface area contributed by atoms with Crippen molar-refractivity contribution in [2.45, 2.75) is 26.2 Å². The zero-order chi connectivity index (χ0) is 12.7. The van der Waals surface area contributed by atoms with Crippen LogP contribution in [-0.4, -0.2) is 9.36 Å². The molecule has 3 rings (SSSR count). The van der Waals surface area contributed by atoms with E-state index < -0.39 is 0 Å². The monoisotopic (exact) mass is 262 g/mol. The van der Waals surface area contributed by atoms with Gasteiger partial charge in [0, 0.05) is 11.5 Å². The molecule has 2 nitrogen and oxygen atoms in total. The zero-order valence-corrected chi connectivity index (χ0v) is 11.2. The molecular formula is C14H15FN2S. The van der Waals surface area contributed by atoms with Crippen molar-refractivity contribution < 1.29 is 4.39 Å². The van der Waals surface area contributed by atoms with E-state index in [1.807, 2.05) is 6.07 Å². The fraction of sp³-hybridized carbons (Fsp3) is 0.429. The van der Waals surface area contributed by atoms with Gasteiger partial charge < -0.3 is 0 Å². The molecule has 4 heteroatoms. The summed E-state index contributed by atoms with van der Waals surface area (Å²) in [6.07, 6.45) is 1.19. The highest BCUT2D eigenvalue weighted by molar-refractivity contribution is 7.09. The van der Waals surface area contributed by atoms with Gasteiger partial charge in [-0.05, 0) is 41.9 Å². The fourth-order valence-corrected chi connectivity index (χ4v) is 3.10. The van der Waals surface area contributed by atoms with E-state index in [1.165, 1.54) is 30.1 Å². The number of rotatable bonds is 3. The predicted octanol–water partition coefficient (Wildman–Crippen LogP) is 4.10. The lowest BCUT2D eigenvalue weighted by Gasteiger charge is -1.99. The summed E-state index contributed by atoms with van der Waals surface area (Å²) in [5.41, 5.74) is 0.820. The summed E-state index contributed by atoms with van der Waals surface area (Å²) in [5, 5.41) is 0.818. The minimum absolute atomic E-state index is 0.226. The zero-order valence-electron chi connectivity index (χ0n) is 10.4. The smallest absolute Gasteiger partial charge is 0.146 e. The van der Waals surface area contributed by atoms with Crippen LogP contribution in [0.15, 0.2) is 24.3 Å². The number of hydrogen-bond acceptors (Lipinski definition) is 3. The normalized spacial score (nSPS) is 22.4. The SMILES string of the molecule is CC(C)[C@@H]1C[C@H]1c1nsc(-c2cccc(F)c2)n1. The summed E-state index contributed by atoms with van der Waals surface area (Å²) in [6.45, 7) is 4.48. The maximum atomic E-state index is 13.2. The first-order valence-corrected chi connectivity index (χ1v) is 7.02. The van der Waals surface area contributed by atoms with Crippen molar-refractivity contribution >= 4 is 11.5 Å². The van der Waals surface area contributed by atoms with Gasteiger partial charge >= 0.3 is 0 Å². The molecule has 0 unspecified atom stereocenters. The largest absolute Gasteiger partial charge is 0.219 e. The molecule has 0 spiro atoms. The van der Waals surface area contributed by atoms with Gasteiger partial charge in [-0.1, -0.05) is 26.0 Å². The number of aromatic nitrogens is 2. The summed E-state index contributed by atoms with van der Waals surface area (Å²) in [5.74, 6) is 2.65. The van der Waals surface area contributed by atoms with Crippen LogP contribution in [0.5, 0.6) is 0 Å². The molecule has 1 heterocycles. The molecule has 1 aliphatic rings. The Labute approximate surface area is 110 Å². The van der Waals surface area contributed by atoms with Crippen molar-refractivity contribution in [1.29, 1.82) is 0 Å². The molecule has 1 aromatic carbocycles. The third-order valence-electron chi connectivity index (χ3n) is 3.54. The number of hydrogen-bond donors (Lipinski definition) is 0. The fourth-order valence-electron chi connectivity index (χ4n) is 2.37. The third kappa shape index (κ3) is 2.17. The van der Waals surface area contributed by atoms with Crippen molar-refractivity contribution in [3.8, 4) is 10.6 Å². The Hall–Kier alpha value is -1.29. The van der Waals surface area contributed by atoms with E-state index in [-0.39, 0.29) is 5.82 Å². The Bertz CT molecular complexity index is 564. The maximum Gasteiger partial charge on any atom is 0.146 e. The van der Waals surface area contributed by atoms with Crippen LogP contribution in [0.1, 0.15) is 32.0 Å². The number of halogens is 1. The van der Waals surface area contributed by atoms with Gasteiger partial charge in [0.1, 0.15) is 16.6 Å². The van der Waals surface area contributed by atoms with E-state index >= 15 is 0 Å². The van der Waals surface area contributed by atoms with Crippen LogP contribution in [0.3, 0.4) is 0 Å². The van der Waals surface area contributed by atoms with Crippen molar-refractivity contribution in [3.05, 3.63) is 35.9 Å². The van der Waals surface area contributed by atoms with Crippen LogP contribution in [0.2, 0.25) is 0 Å². The Kier molecular flexibility index (Phi) is 2.90. The molecule has 0 N–H and O–H groups in total. The Balaban J connectivity index is 1.82. The Morgan fingerprint density at radius 1 is 1.39 bits per heavy atom. The van der Waals surface area contributed by atoms with Gasteiger partial charge in [0.05, 0.1) is 0 Å². The summed E-state index contributed by atoms with van der Waals surface area (Å²) >= 11 is 1.37. The predicted molar refractivity (Wildman–Crippen MR) is 71.0 cm³/mol. The molecule has 2 aromatic rings. The first kappa shape index (κ1) is 11.8. The van der Waals surface area contributed by atoms with Crippen molar-refractivity contribution in [2.24, 2.45) is 11.8 Å². The highest BCUT2D eigenvalue weighted by atomic mass is 32.1. The van der Waals surface area contributed by atoms with Gasteiger partial charge in [0.25, 0.3) is 0 Å². The molecular weight excluding hydrogens is 247 g/mol. The van der Waals surface area contributed by atoms with E-state index in [9.17, 15) is 4.39 Å². The van der Waals surface area contributed by atoms with Crippen LogP contribution >= 0.6 is 11.5 Å². The lowest BCUT2D eigenvalue weighted by atomic mass is 10.1. The molecule has 0 saturated heterocycles. The molecule has 1 fully saturated rings. The van der Waals surface area contributed by atoms with E-state index in [0.29, 0.717) is 11.8 Å². The van der Waals surface area contributed by atoms with Crippen LogP contribution in [0, 0.1) is 17.7 Å². The second-order valence-corrected chi connectivity index (χ2v) is 5.97. The highest BCUT2D eigenvalue weighted by Crippen LogP contribution is 2.51. The molecule has 0 aliphatic heterocycles. The molecule has 1 aliphatic carbocycles. The van der Waals surface area contributed by atoms with Crippen LogP contribution in [0.25, 0.3) is 10.6 Å². The summed E-state index contributed by atoms with van der Waals surface area (Å²) < 4.78 is 17.6. The van der Waals surface area contributed by atoms with Crippen molar-refractivity contribution in [3.63, 3.8) is 0 Å². The minimum atomic E-state index is -0.226. The standard InChI is InChI=1S/C14H15FN2S/c1-8(2)11-7-12(11)13-16-14(18-17-13)9-4-3-5-10(15)6-9/h3-6,8,11-12H,7H2,1-2H3/t11-,12+/m0/s1. The number of benzene rings is 1. The lowest BCUT2D eigenvalue weighted by Crippen LogP contribution is -1.93. The second kappa shape index (κ2) is 4.43. The van der Waals surface area contributed by atoms with Crippen molar-refractivity contribution in [2.75, 3.05) is 0 Å². The van der Waals surface area contributed by atoms with Gasteiger partial charge in [0.2, 0.25) is 0 Å². The molecule has 1 saturated carbocycles. The van der Waals surface area contributed by atoms with Crippen molar-refractivity contribution in [1.82, 2.24) is 9.36 Å². The van der Waals surface area contributed by atoms with E-state index in [2.05, 4.69) is 23.2 Å². The number of nitrogens with zero attached hydrogens (tertiary/aromatic N) is 2. The molecule has 0 amide bonds. The average molecular weight is 262 g/mol. The Morgan fingerprint density at radius 3 is 2.89 bits per heavy atom. The molecule has 94 valence electrons. The second-order valence-electron chi connectivity index (χ2n) is 5.22. The van der Waals surface area contributed by atoms with Gasteiger partial charge in [-0.3, -0.25) is 0 Å². The molecule has 18 heavy (non-hydrogen) atoms. The maximum absolute atomic E-state index is 13.2. The molecule has 2 atom stereocenters. The Morgan fingerprint density at radius 2 is 2.22 bits per heavy atom. The first-order chi connectivity index (χ1) is 8.65. The van der Waals surface area contributed by atoms with Gasteiger partial charge in [-0.15, -0.1) is 0 Å². The highest BCUT2D eigenvalue weighted by Gasteiger charge is 2.43. The quantitative estimate of drug-likeness (QED) is 0.832. The van der Waals surface area contributed by atoms with E-state index in [4.69, 9.17) is 0 Å². The minimum Gasteiger partial charge on any atom is -0.219 e. The van der Waals surface area contributed by atoms with Gasteiger partial charge in [0.15, 0.2) is 0 Å². The summed E-state index contributed by atoms with van der Waals surface area (Å²) in [6, 6.07) is 6.54. The van der Waals surface area contributed by atoms with E-state index in [0.717, 1.165) is 22.3 Å². The average Bonchev–Trinajstić information content (AvgIpc) is 3.00.